The molecule has 3 rings (SSSR count). The van der Waals surface area contributed by atoms with Crippen molar-refractivity contribution in [2.24, 2.45) is 0 Å². The molecule has 144 valence electrons. The number of halogens is 1. The van der Waals surface area contributed by atoms with Crippen LogP contribution < -0.4 is 16.0 Å². The number of anilines is 3. The Bertz CT molecular complexity index is 811. The van der Waals surface area contributed by atoms with E-state index >= 15 is 0 Å². The maximum Gasteiger partial charge on any atom is 0.236 e. The van der Waals surface area contributed by atoms with E-state index in [1.807, 2.05) is 49.4 Å². The van der Waals surface area contributed by atoms with Gasteiger partial charge in [-0.3, -0.25) is 9.59 Å². The molecule has 0 unspecified atom stereocenters. The number of nitrogens with two attached hydrogens (primary N) is 1. The fraction of sp³-hybridized carbons (Fsp3) is 0.300. The molecule has 1 heterocycles. The van der Waals surface area contributed by atoms with Crippen LogP contribution in [0, 0.1) is 6.92 Å². The number of nitrogens with one attached hydrogen (secondary N) is 1. The SMILES string of the molecule is Cc1ccc(NC(=O)CSCC(=O)N2CCCc3c(N)cccc32)cc1.Cl. The molecule has 0 radical (unpaired) electrons. The van der Waals surface area contributed by atoms with Crippen molar-refractivity contribution in [2.45, 2.75) is 19.8 Å². The maximum absolute atomic E-state index is 12.6. The number of amides is 2. The highest BCUT2D eigenvalue weighted by atomic mass is 35.5. The Kier molecular flexibility index (Phi) is 7.56. The molecule has 0 spiro atoms. The summed E-state index contributed by atoms with van der Waals surface area (Å²) < 4.78 is 0. The summed E-state index contributed by atoms with van der Waals surface area (Å²) in [6.07, 6.45) is 1.81. The van der Waals surface area contributed by atoms with Gasteiger partial charge >= 0.3 is 0 Å². The van der Waals surface area contributed by atoms with Gasteiger partial charge in [0, 0.05) is 23.6 Å². The van der Waals surface area contributed by atoms with E-state index in [1.165, 1.54) is 11.8 Å². The molecule has 1 aliphatic rings. The van der Waals surface area contributed by atoms with Crippen molar-refractivity contribution in [3.63, 3.8) is 0 Å². The van der Waals surface area contributed by atoms with Crippen molar-refractivity contribution in [1.82, 2.24) is 0 Å². The monoisotopic (exact) mass is 405 g/mol. The maximum atomic E-state index is 12.6. The summed E-state index contributed by atoms with van der Waals surface area (Å²) in [6, 6.07) is 13.3. The van der Waals surface area contributed by atoms with Crippen LogP contribution in [0.2, 0.25) is 0 Å². The molecular formula is C20H24ClN3O2S. The molecule has 0 saturated heterocycles. The van der Waals surface area contributed by atoms with Gasteiger partial charge < -0.3 is 16.0 Å². The van der Waals surface area contributed by atoms with Gasteiger partial charge in [-0.15, -0.1) is 24.2 Å². The van der Waals surface area contributed by atoms with E-state index in [2.05, 4.69) is 5.32 Å². The molecule has 0 fully saturated rings. The molecule has 2 amide bonds. The standard InChI is InChI=1S/C20H23N3O2S.ClH/c1-14-7-9-15(10-8-14)22-19(24)12-26-13-20(25)23-11-3-4-16-17(21)5-2-6-18(16)23;/h2,5-10H,3-4,11-13,21H2,1H3,(H,22,24);1H. The lowest BCUT2D eigenvalue weighted by Crippen LogP contribution is -2.37. The molecule has 5 nitrogen and oxygen atoms in total. The van der Waals surface area contributed by atoms with Crippen LogP contribution in [0.1, 0.15) is 17.5 Å². The number of carbonyl (C=O) groups is 2. The van der Waals surface area contributed by atoms with Crippen molar-refractivity contribution in [1.29, 1.82) is 0 Å². The summed E-state index contributed by atoms with van der Waals surface area (Å²) in [7, 11) is 0. The van der Waals surface area contributed by atoms with Crippen LogP contribution in [0.15, 0.2) is 42.5 Å². The fourth-order valence-electron chi connectivity index (χ4n) is 3.05. The van der Waals surface area contributed by atoms with Crippen molar-refractivity contribution >= 4 is 53.0 Å². The third-order valence-corrected chi connectivity index (χ3v) is 5.30. The first-order valence-corrected chi connectivity index (χ1v) is 9.82. The van der Waals surface area contributed by atoms with Crippen LogP contribution in [-0.2, 0) is 16.0 Å². The Morgan fingerprint density at radius 1 is 1.15 bits per heavy atom. The third-order valence-electron chi connectivity index (χ3n) is 4.38. The molecule has 3 N–H and O–H groups in total. The second-order valence-corrected chi connectivity index (χ2v) is 7.39. The zero-order chi connectivity index (χ0) is 18.5. The summed E-state index contributed by atoms with van der Waals surface area (Å²) in [5.74, 6) is 0.437. The van der Waals surface area contributed by atoms with E-state index in [1.54, 1.807) is 4.90 Å². The normalized spacial score (nSPS) is 12.7. The van der Waals surface area contributed by atoms with Gasteiger partial charge in [0.1, 0.15) is 0 Å². The van der Waals surface area contributed by atoms with Gasteiger partial charge in [0.2, 0.25) is 11.8 Å². The van der Waals surface area contributed by atoms with Gasteiger partial charge in [0.25, 0.3) is 0 Å². The highest BCUT2D eigenvalue weighted by Gasteiger charge is 2.23. The number of thioether (sulfide) groups is 1. The van der Waals surface area contributed by atoms with Gasteiger partial charge in [0.15, 0.2) is 0 Å². The molecule has 1 aliphatic heterocycles. The minimum absolute atomic E-state index is 0. The highest BCUT2D eigenvalue weighted by molar-refractivity contribution is 8.00. The topological polar surface area (TPSA) is 75.4 Å². The summed E-state index contributed by atoms with van der Waals surface area (Å²) in [6.45, 7) is 2.70. The Labute approximate surface area is 170 Å². The zero-order valence-electron chi connectivity index (χ0n) is 15.2. The summed E-state index contributed by atoms with van der Waals surface area (Å²) in [5.41, 5.74) is 10.6. The highest BCUT2D eigenvalue weighted by Crippen LogP contribution is 2.31. The lowest BCUT2D eigenvalue weighted by atomic mass is 10.00. The molecule has 0 saturated carbocycles. The second-order valence-electron chi connectivity index (χ2n) is 6.40. The van der Waals surface area contributed by atoms with E-state index in [9.17, 15) is 9.59 Å². The molecule has 2 aromatic rings. The van der Waals surface area contributed by atoms with Crippen LogP contribution in [0.25, 0.3) is 0 Å². The van der Waals surface area contributed by atoms with Crippen LogP contribution in [0.4, 0.5) is 17.1 Å². The number of benzene rings is 2. The van der Waals surface area contributed by atoms with Gasteiger partial charge in [-0.2, -0.15) is 0 Å². The quantitative estimate of drug-likeness (QED) is 0.744. The molecular weight excluding hydrogens is 382 g/mol. The van der Waals surface area contributed by atoms with E-state index in [0.29, 0.717) is 6.54 Å². The van der Waals surface area contributed by atoms with E-state index < -0.39 is 0 Å². The second kappa shape index (κ2) is 9.67. The van der Waals surface area contributed by atoms with Crippen molar-refractivity contribution in [3.05, 3.63) is 53.6 Å². The van der Waals surface area contributed by atoms with E-state index in [-0.39, 0.29) is 35.7 Å². The smallest absolute Gasteiger partial charge is 0.236 e. The number of hydrogen-bond donors (Lipinski definition) is 2. The lowest BCUT2D eigenvalue weighted by molar-refractivity contribution is -0.116. The minimum atomic E-state index is -0.102. The number of fused-ring (bicyclic) bond motifs is 1. The Hall–Kier alpha value is -2.18. The molecule has 27 heavy (non-hydrogen) atoms. The molecule has 0 atom stereocenters. The van der Waals surface area contributed by atoms with Gasteiger partial charge in [0.05, 0.1) is 11.5 Å². The Morgan fingerprint density at radius 3 is 2.63 bits per heavy atom. The van der Waals surface area contributed by atoms with Crippen molar-refractivity contribution in [3.8, 4) is 0 Å². The number of rotatable bonds is 5. The van der Waals surface area contributed by atoms with Crippen molar-refractivity contribution < 1.29 is 9.59 Å². The first-order chi connectivity index (χ1) is 12.5. The molecule has 0 aromatic heterocycles. The van der Waals surface area contributed by atoms with Crippen LogP contribution in [0.3, 0.4) is 0 Å². The number of aryl methyl sites for hydroxylation is 1. The molecule has 2 aromatic carbocycles. The average Bonchev–Trinajstić information content (AvgIpc) is 2.63. The van der Waals surface area contributed by atoms with Crippen LogP contribution >= 0.6 is 24.2 Å². The summed E-state index contributed by atoms with van der Waals surface area (Å²) in [4.78, 5) is 26.4. The number of nitrogens with zero attached hydrogens (tertiary/aromatic N) is 1. The van der Waals surface area contributed by atoms with Crippen LogP contribution in [-0.4, -0.2) is 29.9 Å². The number of hydrogen-bond acceptors (Lipinski definition) is 4. The van der Waals surface area contributed by atoms with Crippen molar-refractivity contribution in [2.75, 3.05) is 34.0 Å². The number of carbonyl (C=O) groups excluding carboxylic acids is 2. The minimum Gasteiger partial charge on any atom is -0.398 e. The molecule has 0 bridgehead atoms. The predicted octanol–water partition coefficient (Wildman–Crippen LogP) is 3.65. The first-order valence-electron chi connectivity index (χ1n) is 8.66. The fourth-order valence-corrected chi connectivity index (χ4v) is 3.74. The summed E-state index contributed by atoms with van der Waals surface area (Å²) >= 11 is 1.33. The Balaban J connectivity index is 0.00000261. The Morgan fingerprint density at radius 2 is 1.89 bits per heavy atom. The van der Waals surface area contributed by atoms with Gasteiger partial charge in [-0.1, -0.05) is 23.8 Å². The average molecular weight is 406 g/mol. The van der Waals surface area contributed by atoms with Crippen LogP contribution in [0.5, 0.6) is 0 Å². The van der Waals surface area contributed by atoms with Gasteiger partial charge in [-0.25, -0.2) is 0 Å². The largest absolute Gasteiger partial charge is 0.398 e. The van der Waals surface area contributed by atoms with E-state index in [4.69, 9.17) is 5.73 Å². The third kappa shape index (κ3) is 5.40. The first kappa shape index (κ1) is 21.1. The molecule has 0 aliphatic carbocycles. The zero-order valence-corrected chi connectivity index (χ0v) is 16.9. The predicted molar refractivity (Wildman–Crippen MR) is 116 cm³/mol. The number of nitrogen functional groups attached to an aromatic ring is 1. The molecule has 7 heteroatoms. The lowest BCUT2D eigenvalue weighted by Gasteiger charge is -2.30. The van der Waals surface area contributed by atoms with E-state index in [0.717, 1.165) is 41.0 Å². The van der Waals surface area contributed by atoms with Gasteiger partial charge in [-0.05, 0) is 49.6 Å². The summed E-state index contributed by atoms with van der Waals surface area (Å²) in [5, 5.41) is 2.84.